The van der Waals surface area contributed by atoms with E-state index in [1.54, 1.807) is 4.90 Å². The lowest BCUT2D eigenvalue weighted by Crippen LogP contribution is -2.42. The number of para-hydroxylation sites is 1. The monoisotopic (exact) mass is 408 g/mol. The van der Waals surface area contributed by atoms with Gasteiger partial charge in [-0.1, -0.05) is 60.6 Å². The van der Waals surface area contributed by atoms with Gasteiger partial charge in [0.2, 0.25) is 5.95 Å². The second-order valence-electron chi connectivity index (χ2n) is 6.66. The van der Waals surface area contributed by atoms with Crippen LogP contribution in [0.3, 0.4) is 0 Å². The number of ketones is 1. The Balaban J connectivity index is 1.59. The summed E-state index contributed by atoms with van der Waals surface area (Å²) < 4.78 is 6.62. The van der Waals surface area contributed by atoms with E-state index in [4.69, 9.17) is 4.74 Å². The fourth-order valence-electron chi connectivity index (χ4n) is 2.88. The third-order valence-corrected chi connectivity index (χ3v) is 4.56. The number of Topliss-reactive ketones (excluding diaryl/α,β-unsaturated/α-hetero) is 1. The summed E-state index contributed by atoms with van der Waals surface area (Å²) >= 11 is 0. The molecule has 1 atom stereocenters. The Kier molecular flexibility index (Phi) is 7.09. The summed E-state index contributed by atoms with van der Waals surface area (Å²) in [4.78, 5) is 26.7. The van der Waals surface area contributed by atoms with Gasteiger partial charge >= 0.3 is 6.09 Å². The third kappa shape index (κ3) is 5.40. The zero-order chi connectivity index (χ0) is 21.3. The Morgan fingerprint density at radius 2 is 1.77 bits per heavy atom. The van der Waals surface area contributed by atoms with Crippen LogP contribution in [-0.4, -0.2) is 45.2 Å². The SMILES string of the molecule is CCC(NC(=O)OCc1ccccc1)C(=O)Cn1nnnc1N(C)c1ccccc1. The van der Waals surface area contributed by atoms with E-state index in [1.165, 1.54) is 4.68 Å². The smallest absolute Gasteiger partial charge is 0.408 e. The lowest BCUT2D eigenvalue weighted by atomic mass is 10.1. The zero-order valence-electron chi connectivity index (χ0n) is 16.9. The molecule has 0 bridgehead atoms. The number of nitrogens with zero attached hydrogens (tertiary/aromatic N) is 5. The molecule has 0 radical (unpaired) electrons. The molecule has 0 saturated carbocycles. The summed E-state index contributed by atoms with van der Waals surface area (Å²) in [5.41, 5.74) is 1.75. The molecule has 2 aromatic carbocycles. The van der Waals surface area contributed by atoms with E-state index < -0.39 is 12.1 Å². The van der Waals surface area contributed by atoms with Gasteiger partial charge in [0, 0.05) is 12.7 Å². The second kappa shape index (κ2) is 10.1. The van der Waals surface area contributed by atoms with Gasteiger partial charge < -0.3 is 15.0 Å². The summed E-state index contributed by atoms with van der Waals surface area (Å²) in [5.74, 6) is 0.209. The van der Waals surface area contributed by atoms with Crippen LogP contribution in [0, 0.1) is 0 Å². The van der Waals surface area contributed by atoms with Gasteiger partial charge in [-0.25, -0.2) is 9.48 Å². The van der Waals surface area contributed by atoms with Crippen LogP contribution in [-0.2, 0) is 22.7 Å². The molecule has 0 aliphatic carbocycles. The van der Waals surface area contributed by atoms with Crippen LogP contribution in [0.2, 0.25) is 0 Å². The van der Waals surface area contributed by atoms with E-state index in [2.05, 4.69) is 20.8 Å². The molecular weight excluding hydrogens is 384 g/mol. The number of tetrazole rings is 1. The Hall–Kier alpha value is -3.75. The van der Waals surface area contributed by atoms with Crippen molar-refractivity contribution in [2.24, 2.45) is 0 Å². The van der Waals surface area contributed by atoms with Crippen LogP contribution in [0.1, 0.15) is 18.9 Å². The van der Waals surface area contributed by atoms with Gasteiger partial charge in [-0.15, -0.1) is 0 Å². The van der Waals surface area contributed by atoms with Crippen LogP contribution >= 0.6 is 0 Å². The lowest BCUT2D eigenvalue weighted by molar-refractivity contribution is -0.121. The van der Waals surface area contributed by atoms with Crippen LogP contribution in [0.4, 0.5) is 16.4 Å². The van der Waals surface area contributed by atoms with Gasteiger partial charge in [0.05, 0.1) is 6.04 Å². The molecule has 3 rings (SSSR count). The lowest BCUT2D eigenvalue weighted by Gasteiger charge is -2.19. The van der Waals surface area contributed by atoms with Gasteiger partial charge in [0.1, 0.15) is 13.2 Å². The highest BCUT2D eigenvalue weighted by Gasteiger charge is 2.23. The molecule has 0 fully saturated rings. The molecule has 0 saturated heterocycles. The molecule has 1 aromatic heterocycles. The van der Waals surface area contributed by atoms with Gasteiger partial charge in [-0.3, -0.25) is 4.79 Å². The molecule has 156 valence electrons. The fraction of sp³-hybridized carbons (Fsp3) is 0.286. The van der Waals surface area contributed by atoms with Crippen molar-refractivity contribution in [1.82, 2.24) is 25.5 Å². The predicted octanol–water partition coefficient (Wildman–Crippen LogP) is 2.72. The van der Waals surface area contributed by atoms with E-state index >= 15 is 0 Å². The fourth-order valence-corrected chi connectivity index (χ4v) is 2.88. The molecule has 9 nitrogen and oxygen atoms in total. The minimum Gasteiger partial charge on any atom is -0.445 e. The van der Waals surface area contributed by atoms with Crippen LogP contribution in [0.5, 0.6) is 0 Å². The Bertz CT molecular complexity index is 961. The summed E-state index contributed by atoms with van der Waals surface area (Å²) in [7, 11) is 1.82. The minimum atomic E-state index is -0.702. The molecule has 0 aliphatic heterocycles. The Labute approximate surface area is 174 Å². The first-order valence-corrected chi connectivity index (χ1v) is 9.63. The van der Waals surface area contributed by atoms with Gasteiger partial charge in [0.15, 0.2) is 5.78 Å². The zero-order valence-corrected chi connectivity index (χ0v) is 16.9. The molecule has 30 heavy (non-hydrogen) atoms. The number of carbonyl (C=O) groups is 2. The molecule has 1 heterocycles. The second-order valence-corrected chi connectivity index (χ2v) is 6.66. The maximum Gasteiger partial charge on any atom is 0.408 e. The van der Waals surface area contributed by atoms with Crippen LogP contribution < -0.4 is 10.2 Å². The number of ether oxygens (including phenoxy) is 1. The highest BCUT2D eigenvalue weighted by Crippen LogP contribution is 2.20. The van der Waals surface area contributed by atoms with Crippen molar-refractivity contribution in [3.8, 4) is 0 Å². The van der Waals surface area contributed by atoms with Crippen LogP contribution in [0.25, 0.3) is 0 Å². The number of aromatic nitrogens is 4. The van der Waals surface area contributed by atoms with Crippen molar-refractivity contribution in [1.29, 1.82) is 0 Å². The van der Waals surface area contributed by atoms with Crippen molar-refractivity contribution in [2.75, 3.05) is 11.9 Å². The van der Waals surface area contributed by atoms with E-state index in [0.29, 0.717) is 12.4 Å². The number of hydrogen-bond acceptors (Lipinski definition) is 7. The number of anilines is 2. The van der Waals surface area contributed by atoms with Gasteiger partial charge in [-0.05, 0) is 34.5 Å². The largest absolute Gasteiger partial charge is 0.445 e. The average molecular weight is 408 g/mol. The maximum absolute atomic E-state index is 12.8. The highest BCUT2D eigenvalue weighted by molar-refractivity contribution is 5.87. The first-order chi connectivity index (χ1) is 14.6. The molecule has 3 aromatic rings. The first-order valence-electron chi connectivity index (χ1n) is 9.63. The van der Waals surface area contributed by atoms with E-state index in [0.717, 1.165) is 11.3 Å². The number of nitrogens with one attached hydrogen (secondary N) is 1. The Morgan fingerprint density at radius 3 is 2.43 bits per heavy atom. The summed E-state index contributed by atoms with van der Waals surface area (Å²) in [6, 6.07) is 18.2. The number of alkyl carbamates (subject to hydrolysis) is 1. The van der Waals surface area contributed by atoms with Gasteiger partial charge in [0.25, 0.3) is 0 Å². The molecular formula is C21H24N6O3. The number of amides is 1. The summed E-state index contributed by atoms with van der Waals surface area (Å²) in [6.45, 7) is 1.88. The molecule has 9 heteroatoms. The first kappa shape index (κ1) is 21.0. The van der Waals surface area contributed by atoms with E-state index in [1.807, 2.05) is 74.6 Å². The van der Waals surface area contributed by atoms with Crippen molar-refractivity contribution >= 4 is 23.5 Å². The number of hydrogen-bond donors (Lipinski definition) is 1. The summed E-state index contributed by atoms with van der Waals surface area (Å²) in [6.07, 6.45) is -0.219. The van der Waals surface area contributed by atoms with Gasteiger partial charge in [-0.2, -0.15) is 0 Å². The minimum absolute atomic E-state index is 0.0724. The van der Waals surface area contributed by atoms with Crippen molar-refractivity contribution in [3.05, 3.63) is 66.2 Å². The standard InChI is InChI=1S/C21H24N6O3/c1-3-18(22-21(29)30-15-16-10-6-4-7-11-16)19(28)14-27-20(23-24-25-27)26(2)17-12-8-5-9-13-17/h4-13,18H,3,14-15H2,1-2H3,(H,22,29). The quantitative estimate of drug-likeness (QED) is 0.581. The van der Waals surface area contributed by atoms with Crippen molar-refractivity contribution in [3.63, 3.8) is 0 Å². The Morgan fingerprint density at radius 1 is 1.10 bits per heavy atom. The summed E-state index contributed by atoms with van der Waals surface area (Å²) in [5, 5.41) is 14.3. The third-order valence-electron chi connectivity index (χ3n) is 4.56. The predicted molar refractivity (Wildman–Crippen MR) is 111 cm³/mol. The number of benzene rings is 2. The molecule has 0 spiro atoms. The highest BCUT2D eigenvalue weighted by atomic mass is 16.5. The van der Waals surface area contributed by atoms with Crippen molar-refractivity contribution < 1.29 is 14.3 Å². The average Bonchev–Trinajstić information content (AvgIpc) is 3.24. The van der Waals surface area contributed by atoms with Crippen molar-refractivity contribution in [2.45, 2.75) is 32.5 Å². The maximum atomic E-state index is 12.8. The number of carbonyl (C=O) groups excluding carboxylic acids is 2. The molecule has 1 amide bonds. The molecule has 1 N–H and O–H groups in total. The number of rotatable bonds is 9. The molecule has 0 aliphatic rings. The van der Waals surface area contributed by atoms with E-state index in [-0.39, 0.29) is 18.9 Å². The van der Waals surface area contributed by atoms with E-state index in [9.17, 15) is 9.59 Å². The topological polar surface area (TPSA) is 102 Å². The van der Waals surface area contributed by atoms with Crippen LogP contribution in [0.15, 0.2) is 60.7 Å². The normalized spacial score (nSPS) is 11.5. The molecule has 1 unspecified atom stereocenters.